The maximum atomic E-state index is 14.2. The summed E-state index contributed by atoms with van der Waals surface area (Å²) in [7, 11) is 3.64. The molecule has 0 aliphatic carbocycles. The Morgan fingerprint density at radius 3 is 2.49 bits per heavy atom. The summed E-state index contributed by atoms with van der Waals surface area (Å²) in [6.45, 7) is 2.85. The third-order valence-corrected chi connectivity index (χ3v) is 7.84. The first-order chi connectivity index (χ1) is 19.0. The van der Waals surface area contributed by atoms with E-state index in [1.165, 1.54) is 5.56 Å². The second kappa shape index (κ2) is 11.9. The number of hydrogen-bond donors (Lipinski definition) is 1. The fourth-order valence-electron chi connectivity index (χ4n) is 5.93. The van der Waals surface area contributed by atoms with Crippen LogP contribution in [0.1, 0.15) is 58.8 Å². The van der Waals surface area contributed by atoms with E-state index in [1.807, 2.05) is 54.4 Å². The molecule has 1 aliphatic rings. The Labute approximate surface area is 230 Å². The minimum atomic E-state index is -0.543. The molecule has 4 aromatic rings. The van der Waals surface area contributed by atoms with E-state index >= 15 is 0 Å². The highest BCUT2D eigenvalue weighted by atomic mass is 16.5. The molecule has 0 spiro atoms. The summed E-state index contributed by atoms with van der Waals surface area (Å²) in [4.78, 5) is 29.8. The molecule has 0 saturated heterocycles. The molecule has 0 radical (unpaired) electrons. The van der Waals surface area contributed by atoms with Gasteiger partial charge in [-0.3, -0.25) is 9.59 Å². The fourth-order valence-corrected chi connectivity index (χ4v) is 5.93. The van der Waals surface area contributed by atoms with Crippen molar-refractivity contribution in [2.45, 2.75) is 44.2 Å². The van der Waals surface area contributed by atoms with Crippen LogP contribution in [0.15, 0.2) is 85.1 Å². The van der Waals surface area contributed by atoms with Gasteiger partial charge in [0.2, 0.25) is 5.91 Å². The van der Waals surface area contributed by atoms with Crippen LogP contribution < -0.4 is 5.32 Å². The van der Waals surface area contributed by atoms with Crippen LogP contribution in [0.5, 0.6) is 0 Å². The quantitative estimate of drug-likeness (QED) is 0.293. The van der Waals surface area contributed by atoms with Crippen LogP contribution in [-0.2, 0) is 23.0 Å². The highest BCUT2D eigenvalue weighted by Gasteiger charge is 2.45. The molecule has 1 aromatic heterocycles. The lowest BCUT2D eigenvalue weighted by Gasteiger charge is -2.42. The van der Waals surface area contributed by atoms with Gasteiger partial charge in [-0.1, -0.05) is 66.7 Å². The van der Waals surface area contributed by atoms with E-state index in [4.69, 9.17) is 4.74 Å². The van der Waals surface area contributed by atoms with Crippen molar-refractivity contribution in [1.29, 1.82) is 0 Å². The maximum Gasteiger partial charge on any atom is 0.254 e. The number of carbonyl (C=O) groups excluding carboxylic acids is 2. The molecule has 1 N–H and O–H groups in total. The number of methoxy groups -OCH3 is 1. The minimum Gasteiger partial charge on any atom is -0.383 e. The Balaban J connectivity index is 1.49. The summed E-state index contributed by atoms with van der Waals surface area (Å²) in [5, 5.41) is 4.36. The molecule has 3 unspecified atom stereocenters. The van der Waals surface area contributed by atoms with Crippen LogP contribution >= 0.6 is 0 Å². The van der Waals surface area contributed by atoms with Gasteiger partial charge in [-0.05, 0) is 49.4 Å². The van der Waals surface area contributed by atoms with Gasteiger partial charge in [-0.15, -0.1) is 0 Å². The van der Waals surface area contributed by atoms with Crippen molar-refractivity contribution >= 4 is 22.7 Å². The van der Waals surface area contributed by atoms with Gasteiger partial charge < -0.3 is 19.5 Å². The van der Waals surface area contributed by atoms with Gasteiger partial charge in [0.15, 0.2) is 0 Å². The molecule has 6 nitrogen and oxygen atoms in total. The molecule has 0 saturated carbocycles. The van der Waals surface area contributed by atoms with E-state index in [0.717, 1.165) is 41.3 Å². The molecule has 202 valence electrons. The van der Waals surface area contributed by atoms with E-state index < -0.39 is 12.0 Å². The summed E-state index contributed by atoms with van der Waals surface area (Å²) < 4.78 is 7.47. The van der Waals surface area contributed by atoms with Gasteiger partial charge in [0.1, 0.15) is 0 Å². The van der Waals surface area contributed by atoms with Gasteiger partial charge in [0.25, 0.3) is 5.91 Å². The van der Waals surface area contributed by atoms with Crippen molar-refractivity contribution in [2.75, 3.05) is 20.3 Å². The molecular formula is C33H37N3O3. The second-order valence-electron chi connectivity index (χ2n) is 10.5. The number of rotatable bonds is 10. The monoisotopic (exact) mass is 523 g/mol. The normalized spacial score (nSPS) is 17.7. The van der Waals surface area contributed by atoms with E-state index in [2.05, 4.69) is 59.4 Å². The van der Waals surface area contributed by atoms with Crippen molar-refractivity contribution in [3.05, 3.63) is 107 Å². The van der Waals surface area contributed by atoms with Crippen LogP contribution in [0.25, 0.3) is 10.9 Å². The number of fused-ring (bicyclic) bond motifs is 2. The molecule has 6 heteroatoms. The van der Waals surface area contributed by atoms with Crippen molar-refractivity contribution in [1.82, 2.24) is 14.8 Å². The predicted molar refractivity (Wildman–Crippen MR) is 155 cm³/mol. The number of hydrogen-bond acceptors (Lipinski definition) is 3. The molecule has 5 rings (SSSR count). The first-order valence-electron chi connectivity index (χ1n) is 13.8. The zero-order chi connectivity index (χ0) is 27.4. The van der Waals surface area contributed by atoms with E-state index in [9.17, 15) is 9.59 Å². The number of benzene rings is 3. The van der Waals surface area contributed by atoms with E-state index in [1.54, 1.807) is 7.11 Å². The van der Waals surface area contributed by atoms with Crippen LogP contribution in [0, 0.1) is 0 Å². The minimum absolute atomic E-state index is 0.00611. The number of aryl methyl sites for hydroxylation is 2. The third kappa shape index (κ3) is 5.48. The largest absolute Gasteiger partial charge is 0.383 e. The topological polar surface area (TPSA) is 63.6 Å². The fraction of sp³-hybridized carbons (Fsp3) is 0.333. The summed E-state index contributed by atoms with van der Waals surface area (Å²) in [5.74, 6) is -0.666. The Morgan fingerprint density at radius 1 is 0.974 bits per heavy atom. The number of nitrogens with zero attached hydrogens (tertiary/aromatic N) is 2. The van der Waals surface area contributed by atoms with Crippen LogP contribution in [-0.4, -0.2) is 47.6 Å². The number of ether oxygens (including phenoxy) is 1. The molecule has 3 aromatic carbocycles. The number of aromatic nitrogens is 1. The molecule has 2 heterocycles. The number of para-hydroxylation sites is 1. The smallest absolute Gasteiger partial charge is 0.254 e. The summed E-state index contributed by atoms with van der Waals surface area (Å²) in [6.07, 6.45) is 4.91. The number of nitrogens with one attached hydrogen (secondary N) is 1. The molecule has 39 heavy (non-hydrogen) atoms. The average Bonchev–Trinajstić information content (AvgIpc) is 3.29. The zero-order valence-corrected chi connectivity index (χ0v) is 23.0. The summed E-state index contributed by atoms with van der Waals surface area (Å²) >= 11 is 0. The van der Waals surface area contributed by atoms with Crippen molar-refractivity contribution in [3.8, 4) is 0 Å². The van der Waals surface area contributed by atoms with E-state index in [0.29, 0.717) is 18.7 Å². The van der Waals surface area contributed by atoms with Crippen LogP contribution in [0.3, 0.4) is 0 Å². The van der Waals surface area contributed by atoms with Gasteiger partial charge in [-0.2, -0.15) is 0 Å². The summed E-state index contributed by atoms with van der Waals surface area (Å²) in [6, 6.07) is 25.7. The number of carbonyl (C=O) groups is 2. The average molecular weight is 524 g/mol. The lowest BCUT2D eigenvalue weighted by Crippen LogP contribution is -2.49. The highest BCUT2D eigenvalue weighted by Crippen LogP contribution is 2.45. The van der Waals surface area contributed by atoms with Gasteiger partial charge in [-0.25, -0.2) is 0 Å². The van der Waals surface area contributed by atoms with E-state index in [-0.39, 0.29) is 17.9 Å². The standard InChI is InChI=1S/C33H37N3O3/c1-23(12-11-15-24-13-5-4-6-14-24)34-32(37)30-26-17-7-8-18-27(26)33(38)36(20-21-39-3)31(30)28-22-35(2)29-19-10-9-16-25(28)29/h4-10,13-14,16-19,22-23,30-31H,11-12,15,20-21H2,1-3H3,(H,34,37). The molecular weight excluding hydrogens is 486 g/mol. The van der Waals surface area contributed by atoms with Gasteiger partial charge in [0.05, 0.1) is 18.6 Å². The predicted octanol–water partition coefficient (Wildman–Crippen LogP) is 5.63. The van der Waals surface area contributed by atoms with Crippen molar-refractivity contribution < 1.29 is 14.3 Å². The Morgan fingerprint density at radius 2 is 1.69 bits per heavy atom. The molecule has 1 aliphatic heterocycles. The zero-order valence-electron chi connectivity index (χ0n) is 23.0. The molecule has 3 atom stereocenters. The van der Waals surface area contributed by atoms with Gasteiger partial charge in [0, 0.05) is 55.0 Å². The Kier molecular flexibility index (Phi) is 8.13. The van der Waals surface area contributed by atoms with Crippen LogP contribution in [0.4, 0.5) is 0 Å². The van der Waals surface area contributed by atoms with Crippen LogP contribution in [0.2, 0.25) is 0 Å². The second-order valence-corrected chi connectivity index (χ2v) is 10.5. The number of amides is 2. The SMILES string of the molecule is COCCN1C(=O)c2ccccc2C(C(=O)NC(C)CCCc2ccccc2)C1c1cn(C)c2ccccc12. The highest BCUT2D eigenvalue weighted by molar-refractivity contribution is 6.02. The molecule has 2 amide bonds. The first-order valence-corrected chi connectivity index (χ1v) is 13.8. The molecule has 0 bridgehead atoms. The van der Waals surface area contributed by atoms with Gasteiger partial charge >= 0.3 is 0 Å². The van der Waals surface area contributed by atoms with Crippen molar-refractivity contribution in [2.24, 2.45) is 7.05 Å². The first kappa shape index (κ1) is 26.7. The maximum absolute atomic E-state index is 14.2. The Bertz CT molecular complexity index is 1450. The lowest BCUT2D eigenvalue weighted by atomic mass is 9.79. The molecule has 0 fully saturated rings. The lowest BCUT2D eigenvalue weighted by molar-refractivity contribution is -0.125. The van der Waals surface area contributed by atoms with Crippen molar-refractivity contribution in [3.63, 3.8) is 0 Å². The summed E-state index contributed by atoms with van der Waals surface area (Å²) in [5.41, 5.74) is 4.72. The third-order valence-electron chi connectivity index (χ3n) is 7.84. The Hall–Kier alpha value is -3.90.